The lowest BCUT2D eigenvalue weighted by molar-refractivity contribution is -0.143. The van der Waals surface area contributed by atoms with Gasteiger partial charge in [-0.3, -0.25) is 24.8 Å². The fourth-order valence-electron chi connectivity index (χ4n) is 5.64. The van der Waals surface area contributed by atoms with Crippen molar-refractivity contribution in [1.29, 1.82) is 0 Å². The third kappa shape index (κ3) is 3.75. The Labute approximate surface area is 184 Å². The molecular weight excluding hydrogens is 416 g/mol. The summed E-state index contributed by atoms with van der Waals surface area (Å²) < 4.78 is 3.37. The number of nitrogens with zero attached hydrogens (tertiary/aromatic N) is 2. The standard InChI is InChI=1S/C22H30N4O4S/c1-12-19-16(10-18(27)25(12)11-13-6-8-14(9-7-13)21(29)30)24-26(20(19)28)22-23-15-4-2-3-5-17(15)31-22/h10,13-15,17,22-24H,2-9,11H2,1H3,(H,29,30). The molecule has 3 unspecified atom stereocenters. The number of thioether (sulfide) groups is 1. The highest BCUT2D eigenvalue weighted by atomic mass is 32.2. The van der Waals surface area contributed by atoms with Crippen molar-refractivity contribution < 1.29 is 9.90 Å². The lowest BCUT2D eigenvalue weighted by atomic mass is 9.82. The Bertz CT molecular complexity index is 1100. The van der Waals surface area contributed by atoms with Crippen LogP contribution in [0.5, 0.6) is 0 Å². The molecule has 2 saturated carbocycles. The van der Waals surface area contributed by atoms with Crippen molar-refractivity contribution in [2.24, 2.45) is 11.8 Å². The fraction of sp³-hybridized carbons (Fsp3) is 0.682. The highest BCUT2D eigenvalue weighted by Gasteiger charge is 2.37. The molecule has 9 heteroatoms. The van der Waals surface area contributed by atoms with Crippen molar-refractivity contribution in [1.82, 2.24) is 19.7 Å². The summed E-state index contributed by atoms with van der Waals surface area (Å²) in [6.45, 7) is 2.39. The Kier molecular flexibility index (Phi) is 5.50. The van der Waals surface area contributed by atoms with Crippen LogP contribution in [0.4, 0.5) is 0 Å². The number of carboxylic acid groups (broad SMARTS) is 1. The smallest absolute Gasteiger partial charge is 0.306 e. The SMILES string of the molecule is Cc1c2c(=O)n(C3NC4CCCCC4S3)[nH]c2cc(=O)n1CC1CCC(C(=O)O)CC1. The molecule has 3 aliphatic rings. The van der Waals surface area contributed by atoms with E-state index in [2.05, 4.69) is 10.4 Å². The number of aromatic nitrogens is 3. The molecule has 3 fully saturated rings. The Balaban J connectivity index is 1.41. The largest absolute Gasteiger partial charge is 0.481 e. The van der Waals surface area contributed by atoms with Gasteiger partial charge in [0.1, 0.15) is 0 Å². The van der Waals surface area contributed by atoms with E-state index in [0.29, 0.717) is 47.3 Å². The lowest BCUT2D eigenvalue weighted by Crippen LogP contribution is -2.36. The maximum Gasteiger partial charge on any atom is 0.306 e. The number of rotatable bonds is 4. The summed E-state index contributed by atoms with van der Waals surface area (Å²) in [4.78, 5) is 37.4. The summed E-state index contributed by atoms with van der Waals surface area (Å²) in [7, 11) is 0. The second kappa shape index (κ2) is 8.16. The number of carbonyl (C=O) groups is 1. The van der Waals surface area contributed by atoms with Gasteiger partial charge in [-0.25, -0.2) is 4.68 Å². The molecule has 168 valence electrons. The summed E-state index contributed by atoms with van der Waals surface area (Å²) in [6.07, 6.45) is 7.71. The molecule has 2 aromatic rings. The Morgan fingerprint density at radius 1 is 1.16 bits per heavy atom. The molecule has 0 aromatic carbocycles. The molecule has 1 saturated heterocycles. The zero-order chi connectivity index (χ0) is 21.7. The van der Waals surface area contributed by atoms with Crippen LogP contribution in [0.3, 0.4) is 0 Å². The van der Waals surface area contributed by atoms with Crippen LogP contribution < -0.4 is 16.4 Å². The zero-order valence-corrected chi connectivity index (χ0v) is 18.6. The number of hydrogen-bond acceptors (Lipinski definition) is 5. The number of aromatic amines is 1. The molecule has 0 spiro atoms. The van der Waals surface area contributed by atoms with Crippen LogP contribution in [0.15, 0.2) is 15.7 Å². The minimum Gasteiger partial charge on any atom is -0.481 e. The van der Waals surface area contributed by atoms with Crippen LogP contribution in [0.2, 0.25) is 0 Å². The molecule has 2 aromatic heterocycles. The maximum absolute atomic E-state index is 13.3. The summed E-state index contributed by atoms with van der Waals surface area (Å²) in [5.41, 5.74) is 0.972. The quantitative estimate of drug-likeness (QED) is 0.666. The molecule has 0 amide bonds. The molecule has 8 nitrogen and oxygen atoms in total. The normalized spacial score (nSPS) is 31.1. The first-order valence-corrected chi connectivity index (χ1v) is 12.4. The predicted octanol–water partition coefficient (Wildman–Crippen LogP) is 2.79. The van der Waals surface area contributed by atoms with E-state index in [1.807, 2.05) is 18.7 Å². The first kappa shape index (κ1) is 20.9. The molecule has 0 bridgehead atoms. The highest BCUT2D eigenvalue weighted by Crippen LogP contribution is 2.41. The van der Waals surface area contributed by atoms with Gasteiger partial charge < -0.3 is 9.67 Å². The first-order valence-electron chi connectivity index (χ1n) is 11.4. The van der Waals surface area contributed by atoms with Crippen molar-refractivity contribution in [2.75, 3.05) is 0 Å². The fourth-order valence-corrected chi connectivity index (χ4v) is 7.21. The van der Waals surface area contributed by atoms with Crippen molar-refractivity contribution in [2.45, 2.75) is 81.6 Å². The minimum absolute atomic E-state index is 0.0838. The summed E-state index contributed by atoms with van der Waals surface area (Å²) in [5.74, 6) is -0.728. The average molecular weight is 447 g/mol. The van der Waals surface area contributed by atoms with E-state index >= 15 is 0 Å². The van der Waals surface area contributed by atoms with Gasteiger partial charge >= 0.3 is 5.97 Å². The van der Waals surface area contributed by atoms with Gasteiger partial charge in [0.15, 0.2) is 5.50 Å². The van der Waals surface area contributed by atoms with E-state index in [1.165, 1.54) is 25.3 Å². The Hall–Kier alpha value is -2.00. The van der Waals surface area contributed by atoms with Crippen LogP contribution in [0, 0.1) is 18.8 Å². The van der Waals surface area contributed by atoms with Gasteiger partial charge in [-0.15, -0.1) is 11.8 Å². The second-order valence-electron chi connectivity index (χ2n) is 9.39. The molecule has 31 heavy (non-hydrogen) atoms. The average Bonchev–Trinajstić information content (AvgIpc) is 3.32. The Morgan fingerprint density at radius 2 is 1.90 bits per heavy atom. The van der Waals surface area contributed by atoms with E-state index in [0.717, 1.165) is 19.3 Å². The lowest BCUT2D eigenvalue weighted by Gasteiger charge is -2.27. The molecular formula is C22H30N4O4S. The molecule has 1 aliphatic heterocycles. The molecule has 0 radical (unpaired) electrons. The van der Waals surface area contributed by atoms with E-state index in [-0.39, 0.29) is 28.5 Å². The molecule has 5 rings (SSSR count). The zero-order valence-electron chi connectivity index (χ0n) is 17.8. The summed E-state index contributed by atoms with van der Waals surface area (Å²) >= 11 is 1.81. The number of aliphatic carboxylic acids is 1. The first-order chi connectivity index (χ1) is 14.9. The number of nitrogens with one attached hydrogen (secondary N) is 2. The van der Waals surface area contributed by atoms with E-state index in [1.54, 1.807) is 9.25 Å². The van der Waals surface area contributed by atoms with E-state index in [9.17, 15) is 19.5 Å². The number of H-pyrrole nitrogens is 1. The third-order valence-corrected chi connectivity index (χ3v) is 9.00. The van der Waals surface area contributed by atoms with Gasteiger partial charge in [0.25, 0.3) is 11.1 Å². The van der Waals surface area contributed by atoms with Gasteiger partial charge in [-0.05, 0) is 51.4 Å². The topological polar surface area (TPSA) is 109 Å². The number of hydrogen-bond donors (Lipinski definition) is 3. The van der Waals surface area contributed by atoms with Crippen molar-refractivity contribution >= 4 is 28.6 Å². The number of aryl methyl sites for hydroxylation is 1. The third-order valence-electron chi connectivity index (χ3n) is 7.48. The summed E-state index contributed by atoms with van der Waals surface area (Å²) in [6, 6.07) is 1.99. The van der Waals surface area contributed by atoms with Crippen LogP contribution in [0.1, 0.15) is 62.6 Å². The monoisotopic (exact) mass is 446 g/mol. The molecule has 3 heterocycles. The number of fused-ring (bicyclic) bond motifs is 2. The van der Waals surface area contributed by atoms with Gasteiger partial charge in [0.05, 0.1) is 16.8 Å². The number of carboxylic acids is 1. The van der Waals surface area contributed by atoms with Crippen LogP contribution in [0.25, 0.3) is 10.9 Å². The molecule has 3 N–H and O–H groups in total. The van der Waals surface area contributed by atoms with Crippen LogP contribution >= 0.6 is 11.8 Å². The molecule has 3 atom stereocenters. The summed E-state index contributed by atoms with van der Waals surface area (Å²) in [5, 5.41) is 17.1. The van der Waals surface area contributed by atoms with Crippen LogP contribution in [-0.2, 0) is 11.3 Å². The minimum atomic E-state index is -0.723. The Morgan fingerprint density at radius 3 is 2.61 bits per heavy atom. The van der Waals surface area contributed by atoms with Gasteiger partial charge in [-0.1, -0.05) is 12.8 Å². The van der Waals surface area contributed by atoms with Gasteiger partial charge in [0, 0.05) is 29.6 Å². The van der Waals surface area contributed by atoms with Crippen molar-refractivity contribution in [3.63, 3.8) is 0 Å². The van der Waals surface area contributed by atoms with Gasteiger partial charge in [-0.2, -0.15) is 0 Å². The molecule has 2 aliphatic carbocycles. The predicted molar refractivity (Wildman–Crippen MR) is 120 cm³/mol. The second-order valence-corrected chi connectivity index (χ2v) is 10.7. The van der Waals surface area contributed by atoms with Gasteiger partial charge in [0.2, 0.25) is 0 Å². The van der Waals surface area contributed by atoms with Crippen LogP contribution in [-0.4, -0.2) is 36.7 Å². The van der Waals surface area contributed by atoms with Crippen molar-refractivity contribution in [3.05, 3.63) is 32.5 Å². The van der Waals surface area contributed by atoms with Crippen molar-refractivity contribution in [3.8, 4) is 0 Å². The maximum atomic E-state index is 13.3. The van der Waals surface area contributed by atoms with E-state index in [4.69, 9.17) is 0 Å². The number of pyridine rings is 1. The highest BCUT2D eigenvalue weighted by molar-refractivity contribution is 8.00. The van der Waals surface area contributed by atoms with E-state index < -0.39 is 5.97 Å².